The minimum absolute atomic E-state index is 0.610. The first-order valence-electron chi connectivity index (χ1n) is 6.99. The maximum Gasteiger partial charge on any atom is 0.133 e. The van der Waals surface area contributed by atoms with E-state index < -0.39 is 0 Å². The SMILES string of the molecule is Cc1csc(-c2nn(-c3cc(Cl)cc(Cl)c3)c3c2CCN3)c1. The molecule has 3 aromatic rings. The molecule has 1 N–H and O–H groups in total. The number of rotatable bonds is 2. The highest BCUT2D eigenvalue weighted by molar-refractivity contribution is 7.13. The van der Waals surface area contributed by atoms with Gasteiger partial charge in [-0.15, -0.1) is 11.3 Å². The van der Waals surface area contributed by atoms with E-state index in [1.807, 2.05) is 16.8 Å². The first-order chi connectivity index (χ1) is 10.6. The van der Waals surface area contributed by atoms with Crippen LogP contribution in [0.1, 0.15) is 11.1 Å². The fourth-order valence-corrected chi connectivity index (χ4v) is 4.20. The number of anilines is 1. The van der Waals surface area contributed by atoms with Gasteiger partial charge in [-0.1, -0.05) is 23.2 Å². The molecular formula is C16H13Cl2N3S. The van der Waals surface area contributed by atoms with E-state index in [1.165, 1.54) is 16.0 Å². The summed E-state index contributed by atoms with van der Waals surface area (Å²) < 4.78 is 1.91. The fraction of sp³-hybridized carbons (Fsp3) is 0.188. The maximum absolute atomic E-state index is 6.13. The van der Waals surface area contributed by atoms with Crippen LogP contribution < -0.4 is 5.32 Å². The van der Waals surface area contributed by atoms with Gasteiger partial charge in [0.1, 0.15) is 11.5 Å². The van der Waals surface area contributed by atoms with Gasteiger partial charge < -0.3 is 5.32 Å². The number of hydrogen-bond donors (Lipinski definition) is 1. The molecule has 1 aliphatic rings. The number of hydrogen-bond acceptors (Lipinski definition) is 3. The molecule has 0 saturated heterocycles. The van der Waals surface area contributed by atoms with Crippen molar-refractivity contribution in [2.45, 2.75) is 13.3 Å². The second kappa shape index (κ2) is 5.30. The number of halogens is 2. The molecule has 4 rings (SSSR count). The van der Waals surface area contributed by atoms with Crippen molar-refractivity contribution >= 4 is 40.4 Å². The number of aromatic nitrogens is 2. The first-order valence-corrected chi connectivity index (χ1v) is 8.63. The summed E-state index contributed by atoms with van der Waals surface area (Å²) in [5.74, 6) is 1.04. The minimum atomic E-state index is 0.610. The number of nitrogens with zero attached hydrogens (tertiary/aromatic N) is 2. The Kier molecular flexibility index (Phi) is 3.40. The van der Waals surface area contributed by atoms with Crippen LogP contribution in [0.4, 0.5) is 5.82 Å². The Hall–Kier alpha value is -1.49. The van der Waals surface area contributed by atoms with Crippen LogP contribution >= 0.6 is 34.5 Å². The van der Waals surface area contributed by atoms with Crippen LogP contribution in [0, 0.1) is 6.92 Å². The lowest BCUT2D eigenvalue weighted by molar-refractivity contribution is 0.883. The van der Waals surface area contributed by atoms with E-state index in [0.29, 0.717) is 10.0 Å². The zero-order chi connectivity index (χ0) is 15.3. The van der Waals surface area contributed by atoms with E-state index >= 15 is 0 Å². The van der Waals surface area contributed by atoms with Gasteiger partial charge in [-0.2, -0.15) is 5.10 Å². The molecular weight excluding hydrogens is 337 g/mol. The number of thiophene rings is 1. The van der Waals surface area contributed by atoms with Crippen molar-refractivity contribution in [1.82, 2.24) is 9.78 Å². The molecule has 0 bridgehead atoms. The van der Waals surface area contributed by atoms with E-state index in [-0.39, 0.29) is 0 Å². The Morgan fingerprint density at radius 2 is 1.95 bits per heavy atom. The Bertz CT molecular complexity index is 846. The second-order valence-electron chi connectivity index (χ2n) is 5.38. The van der Waals surface area contributed by atoms with Gasteiger partial charge in [0, 0.05) is 22.2 Å². The molecule has 112 valence electrons. The van der Waals surface area contributed by atoms with Gasteiger partial charge in [0.25, 0.3) is 0 Å². The quantitative estimate of drug-likeness (QED) is 0.690. The highest BCUT2D eigenvalue weighted by Crippen LogP contribution is 2.37. The summed E-state index contributed by atoms with van der Waals surface area (Å²) in [5.41, 5.74) is 4.45. The van der Waals surface area contributed by atoms with Crippen LogP contribution in [0.5, 0.6) is 0 Å². The third-order valence-corrected chi connectivity index (χ3v) is 5.20. The summed E-state index contributed by atoms with van der Waals surface area (Å²) >= 11 is 14.0. The smallest absolute Gasteiger partial charge is 0.133 e. The van der Waals surface area contributed by atoms with Crippen molar-refractivity contribution in [3.05, 3.63) is 50.8 Å². The molecule has 0 aliphatic carbocycles. The van der Waals surface area contributed by atoms with Gasteiger partial charge in [-0.25, -0.2) is 4.68 Å². The van der Waals surface area contributed by atoms with E-state index in [0.717, 1.165) is 30.2 Å². The average Bonchev–Trinajstić information content (AvgIpc) is 3.12. The molecule has 1 aromatic carbocycles. The van der Waals surface area contributed by atoms with Gasteiger partial charge in [0.15, 0.2) is 0 Å². The molecule has 6 heteroatoms. The maximum atomic E-state index is 6.13. The largest absolute Gasteiger partial charge is 0.369 e. The Morgan fingerprint density at radius 1 is 1.18 bits per heavy atom. The van der Waals surface area contributed by atoms with E-state index in [9.17, 15) is 0 Å². The summed E-state index contributed by atoms with van der Waals surface area (Å²) in [7, 11) is 0. The second-order valence-corrected chi connectivity index (χ2v) is 7.16. The van der Waals surface area contributed by atoms with Crippen LogP contribution in [0.2, 0.25) is 10.0 Å². The molecule has 0 atom stereocenters. The number of benzene rings is 1. The van der Waals surface area contributed by atoms with Crippen molar-refractivity contribution in [1.29, 1.82) is 0 Å². The van der Waals surface area contributed by atoms with Gasteiger partial charge in [-0.05, 0) is 48.6 Å². The number of aryl methyl sites for hydroxylation is 1. The molecule has 0 radical (unpaired) electrons. The summed E-state index contributed by atoms with van der Waals surface area (Å²) in [6, 6.07) is 7.67. The van der Waals surface area contributed by atoms with E-state index in [1.54, 1.807) is 17.4 Å². The Labute approximate surface area is 142 Å². The molecule has 3 heterocycles. The standard InChI is InChI=1S/C16H13Cl2N3S/c1-9-4-14(22-8-9)15-13-2-3-19-16(13)21(20-15)12-6-10(17)5-11(18)7-12/h4-8,19H,2-3H2,1H3. The lowest BCUT2D eigenvalue weighted by Gasteiger charge is -2.07. The molecule has 0 amide bonds. The molecule has 0 fully saturated rings. The third kappa shape index (κ3) is 2.32. The summed E-state index contributed by atoms with van der Waals surface area (Å²) in [6.45, 7) is 3.03. The number of nitrogens with one attached hydrogen (secondary N) is 1. The van der Waals surface area contributed by atoms with Crippen LogP contribution in [0.15, 0.2) is 29.6 Å². The topological polar surface area (TPSA) is 29.9 Å². The van der Waals surface area contributed by atoms with Crippen LogP contribution in [-0.2, 0) is 6.42 Å². The minimum Gasteiger partial charge on any atom is -0.369 e. The number of fused-ring (bicyclic) bond motifs is 1. The van der Waals surface area contributed by atoms with Crippen molar-refractivity contribution in [3.8, 4) is 16.3 Å². The fourth-order valence-electron chi connectivity index (χ4n) is 2.78. The molecule has 3 nitrogen and oxygen atoms in total. The molecule has 0 unspecified atom stereocenters. The zero-order valence-corrected chi connectivity index (χ0v) is 14.2. The molecule has 22 heavy (non-hydrogen) atoms. The van der Waals surface area contributed by atoms with Crippen LogP contribution in [0.3, 0.4) is 0 Å². The third-order valence-electron chi connectivity index (χ3n) is 3.71. The van der Waals surface area contributed by atoms with Gasteiger partial charge in [-0.3, -0.25) is 0 Å². The Morgan fingerprint density at radius 3 is 2.64 bits per heavy atom. The predicted octanol–water partition coefficient (Wildman–Crippen LogP) is 5.18. The first kappa shape index (κ1) is 14.1. The molecule has 0 saturated carbocycles. The lowest BCUT2D eigenvalue weighted by atomic mass is 10.1. The van der Waals surface area contributed by atoms with Crippen molar-refractivity contribution in [2.75, 3.05) is 11.9 Å². The lowest BCUT2D eigenvalue weighted by Crippen LogP contribution is -2.04. The van der Waals surface area contributed by atoms with E-state index in [2.05, 4.69) is 23.7 Å². The summed E-state index contributed by atoms with van der Waals surface area (Å²) in [5, 5.41) is 11.6. The molecule has 0 spiro atoms. The van der Waals surface area contributed by atoms with Gasteiger partial charge >= 0.3 is 0 Å². The predicted molar refractivity (Wildman–Crippen MR) is 93.8 cm³/mol. The van der Waals surface area contributed by atoms with Crippen molar-refractivity contribution in [3.63, 3.8) is 0 Å². The van der Waals surface area contributed by atoms with Crippen molar-refractivity contribution < 1.29 is 0 Å². The van der Waals surface area contributed by atoms with Crippen LogP contribution in [-0.4, -0.2) is 16.3 Å². The highest BCUT2D eigenvalue weighted by atomic mass is 35.5. The van der Waals surface area contributed by atoms with Gasteiger partial charge in [0.2, 0.25) is 0 Å². The van der Waals surface area contributed by atoms with Gasteiger partial charge in [0.05, 0.1) is 10.6 Å². The Balaban J connectivity index is 1.91. The monoisotopic (exact) mass is 349 g/mol. The zero-order valence-electron chi connectivity index (χ0n) is 11.9. The summed E-state index contributed by atoms with van der Waals surface area (Å²) in [4.78, 5) is 1.20. The normalized spacial score (nSPS) is 13.2. The molecule has 2 aromatic heterocycles. The van der Waals surface area contributed by atoms with E-state index in [4.69, 9.17) is 28.3 Å². The average molecular weight is 350 g/mol. The molecule has 1 aliphatic heterocycles. The summed E-state index contributed by atoms with van der Waals surface area (Å²) in [6.07, 6.45) is 0.982. The van der Waals surface area contributed by atoms with Crippen molar-refractivity contribution in [2.24, 2.45) is 0 Å². The highest BCUT2D eigenvalue weighted by Gasteiger charge is 2.24. The van der Waals surface area contributed by atoms with Crippen LogP contribution in [0.25, 0.3) is 16.3 Å².